The van der Waals surface area contributed by atoms with E-state index in [0.29, 0.717) is 6.54 Å². The molecule has 1 atom stereocenters. The van der Waals surface area contributed by atoms with E-state index in [0.717, 1.165) is 16.5 Å². The first-order valence-corrected chi connectivity index (χ1v) is 4.58. The average Bonchev–Trinajstić information content (AvgIpc) is 2.66. The van der Waals surface area contributed by atoms with Gasteiger partial charge < -0.3 is 10.2 Å². The number of halogens is 1. The Kier molecular flexibility index (Phi) is 2.50. The number of rotatable bonds is 3. The molecule has 3 heteroatoms. The zero-order chi connectivity index (χ0) is 9.97. The van der Waals surface area contributed by atoms with Gasteiger partial charge in [-0.3, -0.25) is 4.39 Å². The van der Waals surface area contributed by atoms with Gasteiger partial charge in [-0.1, -0.05) is 6.07 Å². The van der Waals surface area contributed by atoms with Crippen LogP contribution in [-0.2, 0) is 0 Å². The monoisotopic (exact) mass is 193 g/mol. The number of fused-ring (bicyclic) bond motifs is 1. The van der Waals surface area contributed by atoms with Crippen molar-refractivity contribution in [3.05, 3.63) is 36.1 Å². The molecule has 1 aromatic heterocycles. The minimum Gasteiger partial charge on any atom is -0.464 e. The Morgan fingerprint density at radius 2 is 2.21 bits per heavy atom. The standard InChI is InChI=1S/C11H12FNO/c12-6-10(7-13)8-1-2-11-9(5-8)3-4-14-11/h1-5,10H,6-7,13H2. The largest absolute Gasteiger partial charge is 0.464 e. The number of nitrogens with two attached hydrogens (primary N) is 1. The first-order valence-electron chi connectivity index (χ1n) is 4.58. The zero-order valence-electron chi connectivity index (χ0n) is 7.74. The molecular weight excluding hydrogens is 181 g/mol. The second kappa shape index (κ2) is 3.80. The highest BCUT2D eigenvalue weighted by molar-refractivity contribution is 5.77. The number of benzene rings is 1. The van der Waals surface area contributed by atoms with Gasteiger partial charge >= 0.3 is 0 Å². The Hall–Kier alpha value is -1.35. The summed E-state index contributed by atoms with van der Waals surface area (Å²) in [6.45, 7) is -0.0836. The lowest BCUT2D eigenvalue weighted by atomic mass is 9.99. The molecule has 2 aromatic rings. The average molecular weight is 193 g/mol. The second-order valence-corrected chi connectivity index (χ2v) is 3.30. The first-order chi connectivity index (χ1) is 6.85. The summed E-state index contributed by atoms with van der Waals surface area (Å²) in [5, 5.41) is 0.995. The fourth-order valence-corrected chi connectivity index (χ4v) is 1.53. The van der Waals surface area contributed by atoms with Crippen LogP contribution in [0.3, 0.4) is 0 Å². The molecule has 0 saturated carbocycles. The molecule has 0 aliphatic heterocycles. The number of furan rings is 1. The van der Waals surface area contributed by atoms with E-state index in [1.54, 1.807) is 6.26 Å². The molecule has 0 spiro atoms. The van der Waals surface area contributed by atoms with Gasteiger partial charge in [0.2, 0.25) is 0 Å². The molecule has 14 heavy (non-hydrogen) atoms. The molecule has 0 aliphatic rings. The Bertz CT molecular complexity index is 420. The lowest BCUT2D eigenvalue weighted by Gasteiger charge is -2.10. The van der Waals surface area contributed by atoms with Crippen LogP contribution in [0.1, 0.15) is 11.5 Å². The third-order valence-electron chi connectivity index (χ3n) is 2.42. The number of alkyl halides is 1. The summed E-state index contributed by atoms with van der Waals surface area (Å²) < 4.78 is 17.8. The number of hydrogen-bond donors (Lipinski definition) is 1. The normalized spacial score (nSPS) is 13.3. The lowest BCUT2D eigenvalue weighted by molar-refractivity contribution is 0.434. The van der Waals surface area contributed by atoms with Crippen molar-refractivity contribution in [3.63, 3.8) is 0 Å². The Morgan fingerprint density at radius 1 is 1.36 bits per heavy atom. The van der Waals surface area contributed by atoms with Crippen molar-refractivity contribution in [2.45, 2.75) is 5.92 Å². The van der Waals surface area contributed by atoms with Crippen molar-refractivity contribution in [1.82, 2.24) is 0 Å². The molecule has 1 aromatic carbocycles. The van der Waals surface area contributed by atoms with Crippen LogP contribution in [-0.4, -0.2) is 13.2 Å². The van der Waals surface area contributed by atoms with E-state index in [2.05, 4.69) is 0 Å². The quantitative estimate of drug-likeness (QED) is 0.813. The van der Waals surface area contributed by atoms with E-state index in [4.69, 9.17) is 10.2 Å². The van der Waals surface area contributed by atoms with Crippen LogP contribution in [0.4, 0.5) is 4.39 Å². The van der Waals surface area contributed by atoms with Crippen LogP contribution in [0.25, 0.3) is 11.0 Å². The van der Waals surface area contributed by atoms with Gasteiger partial charge in [0.1, 0.15) is 5.58 Å². The van der Waals surface area contributed by atoms with Crippen molar-refractivity contribution in [1.29, 1.82) is 0 Å². The Labute approximate surface area is 81.5 Å². The SMILES string of the molecule is NCC(CF)c1ccc2occc2c1. The van der Waals surface area contributed by atoms with Gasteiger partial charge in [0.05, 0.1) is 12.9 Å². The highest BCUT2D eigenvalue weighted by Gasteiger charge is 2.09. The molecule has 2 N–H and O–H groups in total. The summed E-state index contributed by atoms with van der Waals surface area (Å²) in [5.41, 5.74) is 7.23. The maximum absolute atomic E-state index is 12.6. The van der Waals surface area contributed by atoms with Crippen molar-refractivity contribution in [2.24, 2.45) is 5.73 Å². The van der Waals surface area contributed by atoms with Crippen LogP contribution in [0.15, 0.2) is 34.9 Å². The fraction of sp³-hybridized carbons (Fsp3) is 0.273. The number of hydrogen-bond acceptors (Lipinski definition) is 2. The molecule has 74 valence electrons. The van der Waals surface area contributed by atoms with E-state index in [1.165, 1.54) is 0 Å². The summed E-state index contributed by atoms with van der Waals surface area (Å²) in [5.74, 6) is -0.200. The molecule has 1 heterocycles. The minimum atomic E-state index is -0.417. The van der Waals surface area contributed by atoms with E-state index in [1.807, 2.05) is 24.3 Å². The van der Waals surface area contributed by atoms with Crippen molar-refractivity contribution in [2.75, 3.05) is 13.2 Å². The summed E-state index contributed by atoms with van der Waals surface area (Å²) in [6, 6.07) is 7.51. The zero-order valence-corrected chi connectivity index (χ0v) is 7.74. The molecule has 2 nitrogen and oxygen atoms in total. The van der Waals surface area contributed by atoms with Crippen molar-refractivity contribution >= 4 is 11.0 Å². The summed E-state index contributed by atoms with van der Waals surface area (Å²) in [6.07, 6.45) is 1.63. The van der Waals surface area contributed by atoms with Crippen LogP contribution >= 0.6 is 0 Å². The van der Waals surface area contributed by atoms with Crippen molar-refractivity contribution < 1.29 is 8.81 Å². The van der Waals surface area contributed by atoms with Crippen LogP contribution in [0.5, 0.6) is 0 Å². The third kappa shape index (κ3) is 1.51. The predicted octanol–water partition coefficient (Wildman–Crippen LogP) is 2.44. The molecular formula is C11H12FNO. The summed E-state index contributed by atoms with van der Waals surface area (Å²) in [4.78, 5) is 0. The predicted molar refractivity (Wildman–Crippen MR) is 54.0 cm³/mol. The minimum absolute atomic E-state index is 0.200. The maximum Gasteiger partial charge on any atom is 0.133 e. The summed E-state index contributed by atoms with van der Waals surface area (Å²) in [7, 11) is 0. The molecule has 1 unspecified atom stereocenters. The maximum atomic E-state index is 12.6. The highest BCUT2D eigenvalue weighted by atomic mass is 19.1. The van der Waals surface area contributed by atoms with Gasteiger partial charge in [0.25, 0.3) is 0 Å². The van der Waals surface area contributed by atoms with Gasteiger partial charge in [0, 0.05) is 17.8 Å². The smallest absolute Gasteiger partial charge is 0.133 e. The van der Waals surface area contributed by atoms with Crippen LogP contribution in [0, 0.1) is 0 Å². The Morgan fingerprint density at radius 3 is 2.93 bits per heavy atom. The van der Waals surface area contributed by atoms with E-state index in [9.17, 15) is 4.39 Å². The molecule has 0 aliphatic carbocycles. The van der Waals surface area contributed by atoms with E-state index in [-0.39, 0.29) is 5.92 Å². The fourth-order valence-electron chi connectivity index (χ4n) is 1.53. The van der Waals surface area contributed by atoms with Gasteiger partial charge in [-0.25, -0.2) is 0 Å². The molecule has 0 amide bonds. The van der Waals surface area contributed by atoms with Gasteiger partial charge in [0.15, 0.2) is 0 Å². The first kappa shape index (κ1) is 9.21. The van der Waals surface area contributed by atoms with Gasteiger partial charge in [-0.2, -0.15) is 0 Å². The van der Waals surface area contributed by atoms with Gasteiger partial charge in [-0.05, 0) is 23.8 Å². The molecule has 0 bridgehead atoms. The third-order valence-corrected chi connectivity index (χ3v) is 2.42. The lowest BCUT2D eigenvalue weighted by Crippen LogP contribution is -2.13. The summed E-state index contributed by atoms with van der Waals surface area (Å²) >= 11 is 0. The second-order valence-electron chi connectivity index (χ2n) is 3.30. The molecule has 0 fully saturated rings. The Balaban J connectivity index is 2.42. The van der Waals surface area contributed by atoms with Crippen LogP contribution < -0.4 is 5.73 Å². The molecule has 0 radical (unpaired) electrons. The topological polar surface area (TPSA) is 39.2 Å². The van der Waals surface area contributed by atoms with E-state index >= 15 is 0 Å². The molecule has 0 saturated heterocycles. The molecule has 2 rings (SSSR count). The van der Waals surface area contributed by atoms with E-state index < -0.39 is 6.67 Å². The van der Waals surface area contributed by atoms with Gasteiger partial charge in [-0.15, -0.1) is 0 Å². The van der Waals surface area contributed by atoms with Crippen LogP contribution in [0.2, 0.25) is 0 Å². The highest BCUT2D eigenvalue weighted by Crippen LogP contribution is 2.22. The van der Waals surface area contributed by atoms with Crippen molar-refractivity contribution in [3.8, 4) is 0 Å².